The number of rotatable bonds is 3. The molecule has 7 heteroatoms. The Morgan fingerprint density at radius 2 is 2.19 bits per heavy atom. The van der Waals surface area contributed by atoms with Gasteiger partial charge in [-0.3, -0.25) is 9.20 Å². The van der Waals surface area contributed by atoms with Gasteiger partial charge in [0.05, 0.1) is 6.20 Å². The van der Waals surface area contributed by atoms with Crippen LogP contribution in [0.3, 0.4) is 0 Å². The second-order valence-electron chi connectivity index (χ2n) is 5.00. The minimum absolute atomic E-state index is 0.121. The van der Waals surface area contributed by atoms with Gasteiger partial charge in [-0.15, -0.1) is 0 Å². The van der Waals surface area contributed by atoms with Crippen molar-refractivity contribution in [2.45, 2.75) is 6.92 Å². The molecule has 0 aromatic carbocycles. The topological polar surface area (TPSA) is 76.5 Å². The molecule has 0 aliphatic heterocycles. The van der Waals surface area contributed by atoms with Gasteiger partial charge in [0.1, 0.15) is 16.2 Å². The van der Waals surface area contributed by atoms with Gasteiger partial charge in [-0.05, 0) is 24.6 Å². The zero-order valence-electron chi connectivity index (χ0n) is 12.0. The average Bonchev–Trinajstić information content (AvgIpc) is 3.01. The summed E-state index contributed by atoms with van der Waals surface area (Å²) in [5.74, 6) is 0.466. The van der Waals surface area contributed by atoms with E-state index in [1.54, 1.807) is 15.5 Å². The summed E-state index contributed by atoms with van der Waals surface area (Å²) >= 11 is 1.20. The Morgan fingerprint density at radius 1 is 1.43 bits per heavy atom. The number of fused-ring (bicyclic) bond motifs is 1. The van der Waals surface area contributed by atoms with Crippen LogP contribution in [0.1, 0.15) is 20.9 Å². The maximum atomic E-state index is 12.8. The molecule has 0 bridgehead atoms. The third-order valence-electron chi connectivity index (χ3n) is 3.16. The van der Waals surface area contributed by atoms with E-state index in [1.807, 2.05) is 39.3 Å². The summed E-state index contributed by atoms with van der Waals surface area (Å²) in [4.78, 5) is 23.6. The number of nitrogens with zero attached hydrogens (tertiary/aromatic N) is 4. The molecule has 0 saturated heterocycles. The highest BCUT2D eigenvalue weighted by Crippen LogP contribution is 2.29. The van der Waals surface area contributed by atoms with Crippen LogP contribution in [-0.2, 0) is 0 Å². The third kappa shape index (κ3) is 2.25. The maximum absolute atomic E-state index is 12.8. The Kier molecular flexibility index (Phi) is 3.13. The van der Waals surface area contributed by atoms with Crippen LogP contribution in [0.4, 0.5) is 10.9 Å². The number of thiazole rings is 1. The van der Waals surface area contributed by atoms with Crippen LogP contribution in [0.15, 0.2) is 24.5 Å². The summed E-state index contributed by atoms with van der Waals surface area (Å²) in [6.45, 7) is 1.99. The van der Waals surface area contributed by atoms with Gasteiger partial charge >= 0.3 is 0 Å². The van der Waals surface area contributed by atoms with Gasteiger partial charge in [0, 0.05) is 20.3 Å². The van der Waals surface area contributed by atoms with Crippen molar-refractivity contribution in [3.05, 3.63) is 40.7 Å². The second-order valence-corrected chi connectivity index (χ2v) is 6.03. The van der Waals surface area contributed by atoms with Crippen molar-refractivity contribution in [2.24, 2.45) is 0 Å². The molecule has 0 aliphatic carbocycles. The quantitative estimate of drug-likeness (QED) is 0.749. The lowest BCUT2D eigenvalue weighted by Crippen LogP contribution is -2.14. The van der Waals surface area contributed by atoms with E-state index >= 15 is 0 Å². The third-order valence-corrected chi connectivity index (χ3v) is 4.03. The van der Waals surface area contributed by atoms with E-state index in [9.17, 15) is 4.79 Å². The first-order valence-corrected chi connectivity index (χ1v) is 7.21. The molecule has 21 heavy (non-hydrogen) atoms. The summed E-state index contributed by atoms with van der Waals surface area (Å²) in [6.07, 6.45) is 3.44. The number of aryl methyl sites for hydroxylation is 1. The highest BCUT2D eigenvalue weighted by molar-refractivity contribution is 7.18. The molecular weight excluding hydrogens is 286 g/mol. The molecule has 0 amide bonds. The molecule has 108 valence electrons. The van der Waals surface area contributed by atoms with Gasteiger partial charge in [0.15, 0.2) is 10.9 Å². The number of imidazole rings is 1. The van der Waals surface area contributed by atoms with Crippen molar-refractivity contribution in [3.63, 3.8) is 0 Å². The lowest BCUT2D eigenvalue weighted by atomic mass is 10.2. The minimum atomic E-state index is -0.121. The van der Waals surface area contributed by atoms with Gasteiger partial charge in [0.2, 0.25) is 5.78 Å². The largest absolute Gasteiger partial charge is 0.375 e. The number of pyridine rings is 1. The van der Waals surface area contributed by atoms with Crippen molar-refractivity contribution < 1.29 is 4.79 Å². The highest BCUT2D eigenvalue weighted by Gasteiger charge is 2.22. The fraction of sp³-hybridized carbons (Fsp3) is 0.214. The Bertz CT molecular complexity index is 833. The van der Waals surface area contributed by atoms with Crippen LogP contribution in [0, 0.1) is 6.92 Å². The first-order valence-electron chi connectivity index (χ1n) is 6.39. The molecule has 3 aromatic rings. The Morgan fingerprint density at radius 3 is 2.90 bits per heavy atom. The SMILES string of the molecule is Cc1ccn2c(C(=O)c3sc(N)nc3N(C)C)cnc2c1. The summed E-state index contributed by atoms with van der Waals surface area (Å²) in [6, 6.07) is 3.88. The molecule has 0 aliphatic rings. The molecule has 3 rings (SSSR count). The van der Waals surface area contributed by atoms with Gasteiger partial charge in [-0.25, -0.2) is 9.97 Å². The Labute approximate surface area is 125 Å². The molecule has 0 radical (unpaired) electrons. The van der Waals surface area contributed by atoms with Crippen LogP contribution in [0.2, 0.25) is 0 Å². The number of hydrogen-bond acceptors (Lipinski definition) is 6. The fourth-order valence-electron chi connectivity index (χ4n) is 2.15. The lowest BCUT2D eigenvalue weighted by molar-refractivity contribution is 0.103. The average molecular weight is 301 g/mol. The summed E-state index contributed by atoms with van der Waals surface area (Å²) < 4.78 is 1.78. The van der Waals surface area contributed by atoms with Crippen molar-refractivity contribution >= 4 is 33.7 Å². The van der Waals surface area contributed by atoms with E-state index in [1.165, 1.54) is 11.3 Å². The van der Waals surface area contributed by atoms with E-state index in [-0.39, 0.29) is 5.78 Å². The van der Waals surface area contributed by atoms with Gasteiger partial charge < -0.3 is 10.6 Å². The molecule has 0 fully saturated rings. The van der Waals surface area contributed by atoms with Gasteiger partial charge in [0.25, 0.3) is 0 Å². The molecule has 3 heterocycles. The fourth-order valence-corrected chi connectivity index (χ4v) is 3.00. The second kappa shape index (κ2) is 4.85. The predicted molar refractivity (Wildman–Crippen MR) is 84.2 cm³/mol. The highest BCUT2D eigenvalue weighted by atomic mass is 32.1. The predicted octanol–water partition coefficient (Wildman–Crippen LogP) is 1.98. The van der Waals surface area contributed by atoms with E-state index in [0.717, 1.165) is 11.2 Å². The zero-order chi connectivity index (χ0) is 15.1. The molecule has 2 N–H and O–H groups in total. The first-order chi connectivity index (χ1) is 9.97. The number of carbonyl (C=O) groups is 1. The molecule has 0 saturated carbocycles. The van der Waals surface area contributed by atoms with Crippen LogP contribution < -0.4 is 10.6 Å². The Hall–Kier alpha value is -2.41. The molecule has 6 nitrogen and oxygen atoms in total. The number of anilines is 2. The number of nitrogen functional groups attached to an aromatic ring is 1. The van der Waals surface area contributed by atoms with Crippen molar-refractivity contribution in [1.29, 1.82) is 0 Å². The van der Waals surface area contributed by atoms with Crippen molar-refractivity contribution in [1.82, 2.24) is 14.4 Å². The van der Waals surface area contributed by atoms with Gasteiger partial charge in [-0.1, -0.05) is 11.3 Å². The summed E-state index contributed by atoms with van der Waals surface area (Å²) in [5.41, 5.74) is 8.11. The van der Waals surface area contributed by atoms with Crippen molar-refractivity contribution in [2.75, 3.05) is 24.7 Å². The van der Waals surface area contributed by atoms with Crippen LogP contribution in [-0.4, -0.2) is 34.2 Å². The monoisotopic (exact) mass is 301 g/mol. The van der Waals surface area contributed by atoms with Gasteiger partial charge in [-0.2, -0.15) is 0 Å². The van der Waals surface area contributed by atoms with E-state index < -0.39 is 0 Å². The number of carbonyl (C=O) groups excluding carboxylic acids is 1. The summed E-state index contributed by atoms with van der Waals surface area (Å²) in [5, 5.41) is 0.381. The number of ketones is 1. The summed E-state index contributed by atoms with van der Waals surface area (Å²) in [7, 11) is 3.67. The molecule has 0 unspecified atom stereocenters. The van der Waals surface area contributed by atoms with Crippen LogP contribution >= 0.6 is 11.3 Å². The lowest BCUT2D eigenvalue weighted by Gasteiger charge is -2.10. The van der Waals surface area contributed by atoms with E-state index in [2.05, 4.69) is 9.97 Å². The zero-order valence-corrected chi connectivity index (χ0v) is 12.8. The maximum Gasteiger partial charge on any atom is 0.225 e. The van der Waals surface area contributed by atoms with Crippen LogP contribution in [0.5, 0.6) is 0 Å². The molecule has 0 spiro atoms. The number of hydrogen-bond donors (Lipinski definition) is 1. The number of nitrogens with two attached hydrogens (primary N) is 1. The van der Waals surface area contributed by atoms with E-state index in [0.29, 0.717) is 21.5 Å². The smallest absolute Gasteiger partial charge is 0.225 e. The first kappa shape index (κ1) is 13.6. The minimum Gasteiger partial charge on any atom is -0.375 e. The van der Waals surface area contributed by atoms with E-state index in [4.69, 9.17) is 5.73 Å². The van der Waals surface area contributed by atoms with Crippen LogP contribution in [0.25, 0.3) is 5.65 Å². The van der Waals surface area contributed by atoms with Crippen molar-refractivity contribution in [3.8, 4) is 0 Å². The normalized spacial score (nSPS) is 11.0. The molecule has 3 aromatic heterocycles. The number of aromatic nitrogens is 3. The standard InChI is InChI=1S/C14H15N5OS/c1-8-4-5-19-9(7-16-10(19)6-8)11(20)12-13(18(2)3)17-14(15)21-12/h4-7H,1-3H3,(H2,15,17). The molecule has 0 atom stereocenters. The molecular formula is C14H15N5OS. The Balaban J connectivity index is 2.13.